The molecule has 0 aliphatic heterocycles. The zero-order valence-corrected chi connectivity index (χ0v) is 14.2. The molecule has 5 nitrogen and oxygen atoms in total. The van der Waals surface area contributed by atoms with Crippen molar-refractivity contribution >= 4 is 15.9 Å². The van der Waals surface area contributed by atoms with Crippen LogP contribution in [0.15, 0.2) is 53.4 Å². The van der Waals surface area contributed by atoms with E-state index in [0.717, 1.165) is 17.5 Å². The lowest BCUT2D eigenvalue weighted by molar-refractivity contribution is -0.120. The summed E-state index contributed by atoms with van der Waals surface area (Å²) in [6.45, 7) is 2.36. The highest BCUT2D eigenvalue weighted by Crippen LogP contribution is 2.33. The van der Waals surface area contributed by atoms with E-state index in [9.17, 15) is 13.2 Å². The molecular formula is C18H19NO4S. The normalized spacial score (nSPS) is 16.5. The number of sulfonamides is 1. The van der Waals surface area contributed by atoms with Gasteiger partial charge in [0.2, 0.25) is 5.91 Å². The minimum Gasteiger partial charge on any atom is -0.494 e. The molecule has 2 aromatic carbocycles. The standard InChI is InChI=1S/C18H19NO4S/c1-2-23-14-8-10-15(11-9-14)24(21,22)19-18(20)17-12-7-13-5-3-4-6-16(13)17/h3-6,8-11,17H,2,7,12H2,1H3,(H,19,20)/t17-/m0/s1. The van der Waals surface area contributed by atoms with E-state index in [1.165, 1.54) is 12.1 Å². The largest absolute Gasteiger partial charge is 0.494 e. The van der Waals surface area contributed by atoms with Gasteiger partial charge in [-0.2, -0.15) is 0 Å². The number of hydrogen-bond acceptors (Lipinski definition) is 4. The Morgan fingerprint density at radius 1 is 1.17 bits per heavy atom. The molecule has 1 amide bonds. The second kappa shape index (κ2) is 6.65. The van der Waals surface area contributed by atoms with E-state index in [1.807, 2.05) is 31.2 Å². The van der Waals surface area contributed by atoms with Crippen LogP contribution in [0, 0.1) is 0 Å². The fraction of sp³-hybridized carbons (Fsp3) is 0.278. The number of nitrogens with one attached hydrogen (secondary N) is 1. The summed E-state index contributed by atoms with van der Waals surface area (Å²) in [5, 5.41) is 0. The maximum absolute atomic E-state index is 12.5. The van der Waals surface area contributed by atoms with Crippen LogP contribution >= 0.6 is 0 Å². The third-order valence-electron chi connectivity index (χ3n) is 4.13. The van der Waals surface area contributed by atoms with E-state index >= 15 is 0 Å². The van der Waals surface area contributed by atoms with Gasteiger partial charge in [-0.15, -0.1) is 0 Å². The number of benzene rings is 2. The summed E-state index contributed by atoms with van der Waals surface area (Å²) in [5.41, 5.74) is 2.02. The van der Waals surface area contributed by atoms with Gasteiger partial charge in [0.25, 0.3) is 10.0 Å². The highest BCUT2D eigenvalue weighted by molar-refractivity contribution is 7.90. The molecule has 6 heteroatoms. The number of amides is 1. The second-order valence-electron chi connectivity index (χ2n) is 5.66. The fourth-order valence-electron chi connectivity index (χ4n) is 2.97. The lowest BCUT2D eigenvalue weighted by atomic mass is 10.0. The molecule has 0 bridgehead atoms. The quantitative estimate of drug-likeness (QED) is 0.904. The smallest absolute Gasteiger partial charge is 0.264 e. The fourth-order valence-corrected chi connectivity index (χ4v) is 3.99. The van der Waals surface area contributed by atoms with Crippen molar-refractivity contribution in [3.63, 3.8) is 0 Å². The Hall–Kier alpha value is -2.34. The molecule has 1 aliphatic rings. The number of aryl methyl sites for hydroxylation is 1. The Labute approximate surface area is 141 Å². The molecule has 1 aliphatic carbocycles. The Bertz CT molecular complexity index is 844. The lowest BCUT2D eigenvalue weighted by Crippen LogP contribution is -2.34. The zero-order valence-electron chi connectivity index (χ0n) is 13.4. The summed E-state index contributed by atoms with van der Waals surface area (Å²) >= 11 is 0. The van der Waals surface area contributed by atoms with Gasteiger partial charge < -0.3 is 4.74 Å². The van der Waals surface area contributed by atoms with Crippen molar-refractivity contribution in [1.29, 1.82) is 0 Å². The Morgan fingerprint density at radius 3 is 2.58 bits per heavy atom. The summed E-state index contributed by atoms with van der Waals surface area (Å²) in [4.78, 5) is 12.5. The van der Waals surface area contributed by atoms with Crippen LogP contribution in [-0.2, 0) is 21.2 Å². The van der Waals surface area contributed by atoms with Gasteiger partial charge >= 0.3 is 0 Å². The van der Waals surface area contributed by atoms with E-state index in [0.29, 0.717) is 18.8 Å². The highest BCUT2D eigenvalue weighted by Gasteiger charge is 2.31. The third-order valence-corrected chi connectivity index (χ3v) is 5.49. The molecule has 1 N–H and O–H groups in total. The number of ether oxygens (including phenoxy) is 1. The van der Waals surface area contributed by atoms with Gasteiger partial charge in [0.05, 0.1) is 17.4 Å². The van der Waals surface area contributed by atoms with E-state index in [4.69, 9.17) is 4.74 Å². The predicted octanol–water partition coefficient (Wildman–Crippen LogP) is 2.62. The predicted molar refractivity (Wildman–Crippen MR) is 90.4 cm³/mol. The van der Waals surface area contributed by atoms with Crippen molar-refractivity contribution in [3.8, 4) is 5.75 Å². The zero-order chi connectivity index (χ0) is 17.2. The van der Waals surface area contributed by atoms with E-state index in [1.54, 1.807) is 12.1 Å². The van der Waals surface area contributed by atoms with Crippen molar-refractivity contribution < 1.29 is 17.9 Å². The number of carbonyl (C=O) groups is 1. The van der Waals surface area contributed by atoms with Crippen LogP contribution in [0.1, 0.15) is 30.4 Å². The molecule has 2 aromatic rings. The van der Waals surface area contributed by atoms with Crippen LogP contribution in [0.5, 0.6) is 5.75 Å². The molecule has 0 unspecified atom stereocenters. The average Bonchev–Trinajstić information content (AvgIpc) is 2.99. The monoisotopic (exact) mass is 345 g/mol. The van der Waals surface area contributed by atoms with Crippen LogP contribution < -0.4 is 9.46 Å². The first-order valence-electron chi connectivity index (χ1n) is 7.88. The van der Waals surface area contributed by atoms with Gasteiger partial charge in [-0.05, 0) is 55.2 Å². The molecule has 126 valence electrons. The molecule has 0 heterocycles. The van der Waals surface area contributed by atoms with Gasteiger partial charge in [-0.3, -0.25) is 4.79 Å². The molecule has 0 aromatic heterocycles. The molecule has 0 saturated heterocycles. The summed E-state index contributed by atoms with van der Waals surface area (Å²) in [5.74, 6) is -0.306. The Morgan fingerprint density at radius 2 is 1.88 bits per heavy atom. The molecule has 0 spiro atoms. The number of fused-ring (bicyclic) bond motifs is 1. The van der Waals surface area contributed by atoms with Crippen molar-refractivity contribution in [2.24, 2.45) is 0 Å². The van der Waals surface area contributed by atoms with Crippen LogP contribution in [0.25, 0.3) is 0 Å². The van der Waals surface area contributed by atoms with Crippen LogP contribution in [-0.4, -0.2) is 20.9 Å². The second-order valence-corrected chi connectivity index (χ2v) is 7.35. The minimum atomic E-state index is -3.89. The van der Waals surface area contributed by atoms with Gasteiger partial charge in [-0.1, -0.05) is 24.3 Å². The summed E-state index contributed by atoms with van der Waals surface area (Å²) in [6, 6.07) is 13.7. The van der Waals surface area contributed by atoms with E-state index < -0.39 is 21.8 Å². The average molecular weight is 345 g/mol. The van der Waals surface area contributed by atoms with Crippen LogP contribution in [0.3, 0.4) is 0 Å². The molecule has 3 rings (SSSR count). The topological polar surface area (TPSA) is 72.5 Å². The highest BCUT2D eigenvalue weighted by atomic mass is 32.2. The first-order valence-corrected chi connectivity index (χ1v) is 9.37. The summed E-state index contributed by atoms with van der Waals surface area (Å²) in [7, 11) is -3.89. The first-order chi connectivity index (χ1) is 11.5. The van der Waals surface area contributed by atoms with Gasteiger partial charge in [0, 0.05) is 0 Å². The summed E-state index contributed by atoms with van der Waals surface area (Å²) in [6.07, 6.45) is 1.42. The van der Waals surface area contributed by atoms with Crippen LogP contribution in [0.2, 0.25) is 0 Å². The van der Waals surface area contributed by atoms with Gasteiger partial charge in [0.1, 0.15) is 5.75 Å². The minimum absolute atomic E-state index is 0.0468. The van der Waals surface area contributed by atoms with Crippen molar-refractivity contribution in [3.05, 3.63) is 59.7 Å². The summed E-state index contributed by atoms with van der Waals surface area (Å²) < 4.78 is 32.3. The Balaban J connectivity index is 1.76. The van der Waals surface area contributed by atoms with Crippen LogP contribution in [0.4, 0.5) is 0 Å². The molecule has 0 fully saturated rings. The molecule has 1 atom stereocenters. The number of carbonyl (C=O) groups excluding carboxylic acids is 1. The Kier molecular flexibility index (Phi) is 4.57. The van der Waals surface area contributed by atoms with Gasteiger partial charge in [-0.25, -0.2) is 13.1 Å². The molecule has 0 radical (unpaired) electrons. The molecule has 0 saturated carbocycles. The first kappa shape index (κ1) is 16.5. The SMILES string of the molecule is CCOc1ccc(S(=O)(=O)NC(=O)[C@H]2CCc3ccccc32)cc1. The number of hydrogen-bond donors (Lipinski definition) is 1. The molecular weight excluding hydrogens is 326 g/mol. The number of rotatable bonds is 5. The maximum Gasteiger partial charge on any atom is 0.264 e. The van der Waals surface area contributed by atoms with E-state index in [2.05, 4.69) is 4.72 Å². The molecule has 24 heavy (non-hydrogen) atoms. The van der Waals surface area contributed by atoms with Gasteiger partial charge in [0.15, 0.2) is 0 Å². The lowest BCUT2D eigenvalue weighted by Gasteiger charge is -2.13. The maximum atomic E-state index is 12.5. The van der Waals surface area contributed by atoms with Crippen molar-refractivity contribution in [2.75, 3.05) is 6.61 Å². The third kappa shape index (κ3) is 3.28. The van der Waals surface area contributed by atoms with Crippen molar-refractivity contribution in [1.82, 2.24) is 4.72 Å². The van der Waals surface area contributed by atoms with Crippen molar-refractivity contribution in [2.45, 2.75) is 30.6 Å². The van der Waals surface area contributed by atoms with E-state index in [-0.39, 0.29) is 4.90 Å².